The summed E-state index contributed by atoms with van der Waals surface area (Å²) < 4.78 is 17.6. The molecule has 6 nitrogen and oxygen atoms in total. The first kappa shape index (κ1) is 16.7. The number of nitrogens with one attached hydrogen (secondary N) is 1. The molecule has 0 fully saturated rings. The van der Waals surface area contributed by atoms with Crippen molar-refractivity contribution in [2.45, 2.75) is 6.04 Å². The lowest BCUT2D eigenvalue weighted by Crippen LogP contribution is -2.27. The molecule has 0 aliphatic heterocycles. The van der Waals surface area contributed by atoms with Crippen LogP contribution in [0.1, 0.15) is 11.6 Å². The minimum Gasteiger partial charge on any atom is -0.324 e. The van der Waals surface area contributed by atoms with Crippen LogP contribution in [0, 0.1) is 5.82 Å². The second-order valence-electron chi connectivity index (χ2n) is 5.92. The van der Waals surface area contributed by atoms with E-state index in [9.17, 15) is 9.18 Å². The van der Waals surface area contributed by atoms with Crippen LogP contribution in [0.4, 0.5) is 10.1 Å². The van der Waals surface area contributed by atoms with Crippen molar-refractivity contribution in [3.8, 4) is 5.69 Å². The lowest BCUT2D eigenvalue weighted by atomic mass is 10.1. The molecule has 0 saturated heterocycles. The van der Waals surface area contributed by atoms with E-state index in [0.717, 1.165) is 5.56 Å². The molecule has 0 aliphatic carbocycles. The Labute approximate surface area is 154 Å². The Hall–Kier alpha value is -3.74. The predicted octanol–water partition coefficient (Wildman–Crippen LogP) is 3.44. The van der Waals surface area contributed by atoms with Crippen molar-refractivity contribution in [3.63, 3.8) is 0 Å². The average molecular weight is 361 g/mol. The summed E-state index contributed by atoms with van der Waals surface area (Å²) in [5.41, 5.74) is 1.51. The molecular formula is C20H16FN5O. The van der Waals surface area contributed by atoms with Gasteiger partial charge in [0.2, 0.25) is 0 Å². The van der Waals surface area contributed by atoms with Gasteiger partial charge >= 0.3 is 0 Å². The van der Waals surface area contributed by atoms with Crippen LogP contribution in [0.5, 0.6) is 0 Å². The lowest BCUT2D eigenvalue weighted by Gasteiger charge is -2.18. The zero-order valence-electron chi connectivity index (χ0n) is 14.2. The molecule has 1 N–H and O–H groups in total. The van der Waals surface area contributed by atoms with Crippen molar-refractivity contribution < 1.29 is 9.18 Å². The Morgan fingerprint density at radius 2 is 1.89 bits per heavy atom. The first-order chi connectivity index (χ1) is 13.2. The Kier molecular flexibility index (Phi) is 4.49. The summed E-state index contributed by atoms with van der Waals surface area (Å²) in [6, 6.07) is 14.9. The molecule has 0 bridgehead atoms. The molecule has 134 valence electrons. The third-order valence-electron chi connectivity index (χ3n) is 4.15. The Balaban J connectivity index is 1.61. The van der Waals surface area contributed by atoms with Crippen LogP contribution < -0.4 is 5.32 Å². The lowest BCUT2D eigenvalue weighted by molar-refractivity contribution is -0.118. The van der Waals surface area contributed by atoms with Crippen molar-refractivity contribution in [3.05, 3.63) is 97.1 Å². The van der Waals surface area contributed by atoms with Crippen LogP contribution in [0.15, 0.2) is 85.7 Å². The molecule has 1 amide bonds. The number of rotatable bonds is 5. The number of aromatic nitrogens is 4. The monoisotopic (exact) mass is 361 g/mol. The van der Waals surface area contributed by atoms with Crippen molar-refractivity contribution in [1.29, 1.82) is 0 Å². The van der Waals surface area contributed by atoms with Gasteiger partial charge in [-0.05, 0) is 29.8 Å². The number of hydrogen-bond donors (Lipinski definition) is 1. The number of anilines is 1. The van der Waals surface area contributed by atoms with E-state index in [1.165, 1.54) is 12.4 Å². The highest BCUT2D eigenvalue weighted by Gasteiger charge is 2.23. The minimum atomic E-state index is -0.655. The van der Waals surface area contributed by atoms with Gasteiger partial charge in [-0.25, -0.2) is 9.37 Å². The first-order valence-electron chi connectivity index (χ1n) is 8.35. The minimum absolute atomic E-state index is 0.306. The maximum Gasteiger partial charge on any atom is 0.253 e. The highest BCUT2D eigenvalue weighted by atomic mass is 19.1. The summed E-state index contributed by atoms with van der Waals surface area (Å²) in [7, 11) is 0. The highest BCUT2D eigenvalue weighted by Crippen LogP contribution is 2.22. The Morgan fingerprint density at radius 3 is 2.56 bits per heavy atom. The normalized spacial score (nSPS) is 11.9. The van der Waals surface area contributed by atoms with Gasteiger partial charge in [-0.2, -0.15) is 5.10 Å². The van der Waals surface area contributed by atoms with Crippen LogP contribution in [0.3, 0.4) is 0 Å². The molecule has 2 heterocycles. The Morgan fingerprint density at radius 1 is 1.04 bits per heavy atom. The van der Waals surface area contributed by atoms with Gasteiger partial charge < -0.3 is 9.88 Å². The van der Waals surface area contributed by atoms with Crippen molar-refractivity contribution in [2.24, 2.45) is 0 Å². The molecule has 1 unspecified atom stereocenters. The fourth-order valence-electron chi connectivity index (χ4n) is 2.90. The van der Waals surface area contributed by atoms with Crippen molar-refractivity contribution >= 4 is 11.6 Å². The third-order valence-corrected chi connectivity index (χ3v) is 4.15. The van der Waals surface area contributed by atoms with E-state index >= 15 is 0 Å². The van der Waals surface area contributed by atoms with E-state index in [1.807, 2.05) is 30.3 Å². The van der Waals surface area contributed by atoms with Crippen molar-refractivity contribution in [1.82, 2.24) is 19.3 Å². The number of hydrogen-bond acceptors (Lipinski definition) is 3. The molecule has 2 aromatic carbocycles. The average Bonchev–Trinajstić information content (AvgIpc) is 3.37. The molecular weight excluding hydrogens is 345 g/mol. The van der Waals surface area contributed by atoms with Gasteiger partial charge in [-0.15, -0.1) is 0 Å². The predicted molar refractivity (Wildman–Crippen MR) is 99.0 cm³/mol. The van der Waals surface area contributed by atoms with E-state index < -0.39 is 11.9 Å². The number of carbonyl (C=O) groups excluding carboxylic acids is 1. The fraction of sp³-hybridized carbons (Fsp3) is 0.0500. The van der Waals surface area contributed by atoms with Crippen LogP contribution in [-0.2, 0) is 4.79 Å². The maximum atomic E-state index is 14.4. The van der Waals surface area contributed by atoms with Gasteiger partial charge in [-0.3, -0.25) is 9.48 Å². The van der Waals surface area contributed by atoms with Gasteiger partial charge in [0.15, 0.2) is 6.04 Å². The topological polar surface area (TPSA) is 64.7 Å². The second-order valence-corrected chi connectivity index (χ2v) is 5.92. The molecule has 0 aliphatic rings. The van der Waals surface area contributed by atoms with Crippen molar-refractivity contribution in [2.75, 3.05) is 5.32 Å². The molecule has 0 spiro atoms. The van der Waals surface area contributed by atoms with Crippen LogP contribution >= 0.6 is 0 Å². The van der Waals surface area contributed by atoms with E-state index in [4.69, 9.17) is 0 Å². The number of imidazole rings is 1. The Bertz CT molecular complexity index is 1030. The summed E-state index contributed by atoms with van der Waals surface area (Å²) in [4.78, 5) is 16.8. The van der Waals surface area contributed by atoms with E-state index in [0.29, 0.717) is 11.4 Å². The third kappa shape index (κ3) is 3.48. The summed E-state index contributed by atoms with van der Waals surface area (Å²) in [6.45, 7) is 0. The molecule has 0 radical (unpaired) electrons. The van der Waals surface area contributed by atoms with E-state index in [-0.39, 0.29) is 5.91 Å². The van der Waals surface area contributed by atoms with Crippen LogP contribution in [0.25, 0.3) is 5.69 Å². The number of carbonyl (C=O) groups is 1. The van der Waals surface area contributed by atoms with E-state index in [2.05, 4.69) is 15.4 Å². The summed E-state index contributed by atoms with van der Waals surface area (Å²) in [5, 5.41) is 6.97. The number of benzene rings is 2. The molecule has 4 rings (SSSR count). The fourth-order valence-corrected chi connectivity index (χ4v) is 2.90. The van der Waals surface area contributed by atoms with Crippen LogP contribution in [-0.4, -0.2) is 25.2 Å². The van der Waals surface area contributed by atoms with Crippen LogP contribution in [0.2, 0.25) is 0 Å². The molecule has 1 atom stereocenters. The number of halogens is 1. The maximum absolute atomic E-state index is 14.4. The molecule has 27 heavy (non-hydrogen) atoms. The molecule has 0 saturated carbocycles. The van der Waals surface area contributed by atoms with Gasteiger partial charge in [0.05, 0.1) is 12.0 Å². The van der Waals surface area contributed by atoms with E-state index in [1.54, 1.807) is 52.2 Å². The molecule has 7 heteroatoms. The summed E-state index contributed by atoms with van der Waals surface area (Å²) in [6.07, 6.45) is 8.08. The number of nitrogens with zero attached hydrogens (tertiary/aromatic N) is 4. The van der Waals surface area contributed by atoms with Gasteiger partial charge in [0.25, 0.3) is 5.91 Å². The second kappa shape index (κ2) is 7.25. The smallest absolute Gasteiger partial charge is 0.253 e. The van der Waals surface area contributed by atoms with Gasteiger partial charge in [0, 0.05) is 30.5 Å². The standard InChI is InChI=1S/C20H16FN5O/c21-17-13-16(7-8-18(17)25-12-10-22-14-25)24-20(27)19(26-11-4-9-23-26)15-5-2-1-3-6-15/h1-14,19H,(H,24,27). The highest BCUT2D eigenvalue weighted by molar-refractivity contribution is 5.95. The SMILES string of the molecule is O=C(Nc1ccc(-n2ccnc2)c(F)c1)C(c1ccccc1)n1cccn1. The largest absolute Gasteiger partial charge is 0.324 e. The van der Waals surface area contributed by atoms with Gasteiger partial charge in [0.1, 0.15) is 5.82 Å². The summed E-state index contributed by atoms with van der Waals surface area (Å²) >= 11 is 0. The zero-order chi connectivity index (χ0) is 18.6. The van der Waals surface area contributed by atoms with Gasteiger partial charge in [-0.1, -0.05) is 30.3 Å². The zero-order valence-corrected chi connectivity index (χ0v) is 14.2. The first-order valence-corrected chi connectivity index (χ1v) is 8.35. The summed E-state index contributed by atoms with van der Waals surface area (Å²) in [5.74, 6) is -0.763. The number of amides is 1. The molecule has 2 aromatic heterocycles. The molecule has 4 aromatic rings. The quantitative estimate of drug-likeness (QED) is 0.592.